The molecule has 0 spiro atoms. The molecule has 0 atom stereocenters. The van der Waals surface area contributed by atoms with Crippen molar-refractivity contribution in [1.82, 2.24) is 9.55 Å². The maximum Gasteiger partial charge on any atom is 0.263 e. The van der Waals surface area contributed by atoms with Crippen molar-refractivity contribution >= 4 is 39.1 Å². The van der Waals surface area contributed by atoms with E-state index in [2.05, 4.69) is 0 Å². The zero-order valence-electron chi connectivity index (χ0n) is 17.6. The molecule has 0 saturated carbocycles. The number of benzene rings is 2. The van der Waals surface area contributed by atoms with E-state index in [0.29, 0.717) is 39.0 Å². The smallest absolute Gasteiger partial charge is 0.263 e. The Kier molecular flexibility index (Phi) is 5.48. The number of thiophene rings is 1. The molecule has 0 N–H and O–H groups in total. The van der Waals surface area contributed by atoms with Crippen LogP contribution in [0, 0.1) is 13.8 Å². The van der Waals surface area contributed by atoms with E-state index in [1.807, 2.05) is 44.2 Å². The molecule has 6 nitrogen and oxygen atoms in total. The van der Waals surface area contributed by atoms with Gasteiger partial charge in [-0.05, 0) is 43.2 Å². The standard InChI is InChI=1S/C24H20N2O4S2/c1-14-15(2)32-22-21(14)23(28)26(11-16-6-4-3-5-7-16)24(25-22)31-12-18(27)17-8-9-19-20(10-17)30-13-29-19/h3-10H,11-13H2,1-2H3. The number of rotatable bonds is 6. The number of aryl methyl sites for hydroxylation is 2. The van der Waals surface area contributed by atoms with Gasteiger partial charge in [0, 0.05) is 10.4 Å². The zero-order valence-corrected chi connectivity index (χ0v) is 19.2. The van der Waals surface area contributed by atoms with Gasteiger partial charge in [0.2, 0.25) is 6.79 Å². The molecule has 2 aromatic carbocycles. The number of thioether (sulfide) groups is 1. The third kappa shape index (κ3) is 3.80. The average molecular weight is 465 g/mol. The second-order valence-corrected chi connectivity index (χ2v) is 9.66. The lowest BCUT2D eigenvalue weighted by atomic mass is 10.1. The van der Waals surface area contributed by atoms with Gasteiger partial charge in [0.15, 0.2) is 22.4 Å². The largest absolute Gasteiger partial charge is 0.454 e. The quantitative estimate of drug-likeness (QED) is 0.231. The molecule has 0 amide bonds. The molecular weight excluding hydrogens is 444 g/mol. The van der Waals surface area contributed by atoms with E-state index in [4.69, 9.17) is 14.5 Å². The summed E-state index contributed by atoms with van der Waals surface area (Å²) in [6, 6.07) is 15.0. The van der Waals surface area contributed by atoms with Crippen LogP contribution in [-0.2, 0) is 6.54 Å². The van der Waals surface area contributed by atoms with Crippen LogP contribution in [0.1, 0.15) is 26.4 Å². The molecule has 0 aliphatic carbocycles. The second kappa shape index (κ2) is 8.44. The number of ketones is 1. The Labute approximate surface area is 192 Å². The van der Waals surface area contributed by atoms with Gasteiger partial charge in [-0.2, -0.15) is 0 Å². The van der Waals surface area contributed by atoms with Crippen LogP contribution in [0.3, 0.4) is 0 Å². The molecule has 0 unspecified atom stereocenters. The maximum absolute atomic E-state index is 13.4. The highest BCUT2D eigenvalue weighted by atomic mass is 32.2. The first-order valence-corrected chi connectivity index (χ1v) is 11.9. The first-order valence-electron chi connectivity index (χ1n) is 10.1. The fourth-order valence-electron chi connectivity index (χ4n) is 3.61. The van der Waals surface area contributed by atoms with E-state index in [0.717, 1.165) is 16.0 Å². The van der Waals surface area contributed by atoms with Crippen molar-refractivity contribution in [2.75, 3.05) is 12.5 Å². The Hall–Kier alpha value is -3.10. The average Bonchev–Trinajstić information content (AvgIpc) is 3.38. The SMILES string of the molecule is Cc1sc2nc(SCC(=O)c3ccc4c(c3)OCO4)n(Cc3ccccc3)c(=O)c2c1C. The van der Waals surface area contributed by atoms with Crippen LogP contribution in [0.25, 0.3) is 10.2 Å². The molecule has 3 heterocycles. The number of Topliss-reactive ketones (excluding diaryl/α,β-unsaturated/α-hetero) is 1. The summed E-state index contributed by atoms with van der Waals surface area (Å²) >= 11 is 2.80. The molecule has 0 bridgehead atoms. The number of carbonyl (C=O) groups is 1. The summed E-state index contributed by atoms with van der Waals surface area (Å²) in [6.45, 7) is 4.52. The van der Waals surface area contributed by atoms with Gasteiger partial charge in [-0.25, -0.2) is 4.98 Å². The van der Waals surface area contributed by atoms with Crippen molar-refractivity contribution in [3.8, 4) is 11.5 Å². The third-order valence-corrected chi connectivity index (χ3v) is 7.54. The Morgan fingerprint density at radius 1 is 1.12 bits per heavy atom. The normalized spacial score (nSPS) is 12.4. The van der Waals surface area contributed by atoms with Crippen molar-refractivity contribution in [3.05, 3.63) is 80.5 Å². The molecule has 4 aromatic rings. The third-order valence-electron chi connectivity index (χ3n) is 5.46. The second-order valence-electron chi connectivity index (χ2n) is 7.51. The number of aromatic nitrogens is 2. The first kappa shape index (κ1) is 20.8. The van der Waals surface area contributed by atoms with Gasteiger partial charge in [-0.15, -0.1) is 11.3 Å². The molecule has 0 saturated heterocycles. The number of hydrogen-bond acceptors (Lipinski definition) is 7. The highest BCUT2D eigenvalue weighted by Crippen LogP contribution is 2.33. The Bertz CT molecular complexity index is 1390. The molecule has 2 aromatic heterocycles. The number of hydrogen-bond donors (Lipinski definition) is 0. The molecule has 8 heteroatoms. The first-order chi connectivity index (χ1) is 15.5. The summed E-state index contributed by atoms with van der Waals surface area (Å²) in [5.41, 5.74) is 2.45. The van der Waals surface area contributed by atoms with Crippen LogP contribution in [-0.4, -0.2) is 27.9 Å². The van der Waals surface area contributed by atoms with Gasteiger partial charge in [0.05, 0.1) is 17.7 Å². The van der Waals surface area contributed by atoms with E-state index in [1.54, 1.807) is 22.8 Å². The van der Waals surface area contributed by atoms with E-state index >= 15 is 0 Å². The monoisotopic (exact) mass is 464 g/mol. The van der Waals surface area contributed by atoms with E-state index in [-0.39, 0.29) is 23.9 Å². The van der Waals surface area contributed by atoms with Crippen LogP contribution in [0.15, 0.2) is 58.5 Å². The maximum atomic E-state index is 13.4. The van der Waals surface area contributed by atoms with E-state index in [1.165, 1.54) is 23.1 Å². The lowest BCUT2D eigenvalue weighted by Crippen LogP contribution is -2.24. The minimum absolute atomic E-state index is 0.0625. The van der Waals surface area contributed by atoms with Crippen molar-refractivity contribution < 1.29 is 14.3 Å². The zero-order chi connectivity index (χ0) is 22.2. The predicted molar refractivity (Wildman–Crippen MR) is 127 cm³/mol. The number of fused-ring (bicyclic) bond motifs is 2. The van der Waals surface area contributed by atoms with Crippen molar-refractivity contribution in [1.29, 1.82) is 0 Å². The lowest BCUT2D eigenvalue weighted by Gasteiger charge is -2.12. The topological polar surface area (TPSA) is 70.4 Å². The van der Waals surface area contributed by atoms with Crippen molar-refractivity contribution in [2.45, 2.75) is 25.5 Å². The van der Waals surface area contributed by atoms with Gasteiger partial charge >= 0.3 is 0 Å². The van der Waals surface area contributed by atoms with E-state index < -0.39 is 0 Å². The number of ether oxygens (including phenoxy) is 2. The summed E-state index contributed by atoms with van der Waals surface area (Å²) in [6.07, 6.45) is 0. The highest BCUT2D eigenvalue weighted by molar-refractivity contribution is 7.99. The Morgan fingerprint density at radius 3 is 2.72 bits per heavy atom. The molecule has 5 rings (SSSR count). The van der Waals surface area contributed by atoms with Crippen LogP contribution in [0.5, 0.6) is 11.5 Å². The van der Waals surface area contributed by atoms with Crippen molar-refractivity contribution in [3.63, 3.8) is 0 Å². The predicted octanol–water partition coefficient (Wildman–Crippen LogP) is 4.83. The van der Waals surface area contributed by atoms with Crippen molar-refractivity contribution in [2.24, 2.45) is 0 Å². The van der Waals surface area contributed by atoms with Gasteiger partial charge in [-0.1, -0.05) is 42.1 Å². The molecular formula is C24H20N2O4S2. The summed E-state index contributed by atoms with van der Waals surface area (Å²) < 4.78 is 12.4. The van der Waals surface area contributed by atoms with Crippen LogP contribution < -0.4 is 15.0 Å². The fraction of sp³-hybridized carbons (Fsp3) is 0.208. The molecule has 162 valence electrons. The van der Waals surface area contributed by atoms with Gasteiger partial charge in [0.25, 0.3) is 5.56 Å². The molecule has 0 radical (unpaired) electrons. The molecule has 1 aliphatic rings. The highest BCUT2D eigenvalue weighted by Gasteiger charge is 2.20. The number of nitrogens with zero attached hydrogens (tertiary/aromatic N) is 2. The van der Waals surface area contributed by atoms with Gasteiger partial charge < -0.3 is 9.47 Å². The molecule has 1 aliphatic heterocycles. The summed E-state index contributed by atoms with van der Waals surface area (Å²) in [5, 5.41) is 1.21. The fourth-order valence-corrected chi connectivity index (χ4v) is 5.57. The lowest BCUT2D eigenvalue weighted by molar-refractivity contribution is 0.102. The molecule has 32 heavy (non-hydrogen) atoms. The van der Waals surface area contributed by atoms with Crippen LogP contribution in [0.2, 0.25) is 0 Å². The van der Waals surface area contributed by atoms with Gasteiger partial charge in [-0.3, -0.25) is 14.2 Å². The van der Waals surface area contributed by atoms with Crippen LogP contribution in [0.4, 0.5) is 0 Å². The Morgan fingerprint density at radius 2 is 1.91 bits per heavy atom. The minimum Gasteiger partial charge on any atom is -0.454 e. The van der Waals surface area contributed by atoms with Gasteiger partial charge in [0.1, 0.15) is 4.83 Å². The van der Waals surface area contributed by atoms with E-state index in [9.17, 15) is 9.59 Å². The van der Waals surface area contributed by atoms with Crippen LogP contribution >= 0.6 is 23.1 Å². The molecule has 0 fully saturated rings. The summed E-state index contributed by atoms with van der Waals surface area (Å²) in [4.78, 5) is 32.9. The summed E-state index contributed by atoms with van der Waals surface area (Å²) in [7, 11) is 0. The summed E-state index contributed by atoms with van der Waals surface area (Å²) in [5.74, 6) is 1.32. The Balaban J connectivity index is 1.48. The number of carbonyl (C=O) groups excluding carboxylic acids is 1. The minimum atomic E-state index is -0.0706.